The van der Waals surface area contributed by atoms with Crippen LogP contribution in [0.5, 0.6) is 0 Å². The van der Waals surface area contributed by atoms with E-state index in [-0.39, 0.29) is 5.91 Å². The van der Waals surface area contributed by atoms with E-state index in [1.807, 2.05) is 31.2 Å². The minimum atomic E-state index is -0.486. The molecule has 2 fully saturated rings. The number of ether oxygens (including phenoxy) is 2. The first kappa shape index (κ1) is 16.9. The molecule has 1 N–H and O–H groups in total. The fourth-order valence-corrected chi connectivity index (χ4v) is 3.33. The summed E-state index contributed by atoms with van der Waals surface area (Å²) in [6.07, 6.45) is 2.80. The maximum Gasteiger partial charge on any atom is 0.272 e. The molecule has 0 radical (unpaired) electrons. The average Bonchev–Trinajstić information content (AvgIpc) is 3.12. The van der Waals surface area contributed by atoms with Gasteiger partial charge in [0.05, 0.1) is 13.2 Å². The zero-order valence-electron chi connectivity index (χ0n) is 14.8. The summed E-state index contributed by atoms with van der Waals surface area (Å²) in [5.74, 6) is 0.0241. The molecule has 1 spiro atoms. The molecule has 2 aliphatic rings. The van der Waals surface area contributed by atoms with Crippen molar-refractivity contribution >= 4 is 17.4 Å². The van der Waals surface area contributed by atoms with E-state index in [9.17, 15) is 4.79 Å². The van der Waals surface area contributed by atoms with Crippen LogP contribution in [0.1, 0.15) is 28.9 Å². The van der Waals surface area contributed by atoms with E-state index in [1.54, 1.807) is 11.0 Å². The molecule has 2 saturated heterocycles. The highest BCUT2D eigenvalue weighted by molar-refractivity contribution is 5.93. The fraction of sp³-hybridized carbons (Fsp3) is 0.421. The first-order chi connectivity index (χ1) is 12.6. The number of anilines is 2. The van der Waals surface area contributed by atoms with E-state index < -0.39 is 5.79 Å². The monoisotopic (exact) mass is 354 g/mol. The quantitative estimate of drug-likeness (QED) is 0.913. The van der Waals surface area contributed by atoms with Gasteiger partial charge in [-0.05, 0) is 19.1 Å². The van der Waals surface area contributed by atoms with Crippen LogP contribution in [0.4, 0.5) is 11.5 Å². The van der Waals surface area contributed by atoms with Crippen molar-refractivity contribution in [2.24, 2.45) is 0 Å². The van der Waals surface area contributed by atoms with Crippen molar-refractivity contribution < 1.29 is 14.3 Å². The number of hydrogen-bond donors (Lipinski definition) is 1. The van der Waals surface area contributed by atoms with E-state index >= 15 is 0 Å². The summed E-state index contributed by atoms with van der Waals surface area (Å²) in [7, 11) is 0. The van der Waals surface area contributed by atoms with Gasteiger partial charge in [-0.25, -0.2) is 9.97 Å². The Hall–Kier alpha value is -2.51. The van der Waals surface area contributed by atoms with Gasteiger partial charge in [0.15, 0.2) is 5.79 Å². The number of carbonyl (C=O) groups excluding carboxylic acids is 1. The van der Waals surface area contributed by atoms with E-state index in [1.165, 1.54) is 11.9 Å². The predicted molar refractivity (Wildman–Crippen MR) is 96.3 cm³/mol. The normalized spacial score (nSPS) is 18.9. The van der Waals surface area contributed by atoms with Gasteiger partial charge in [-0.15, -0.1) is 0 Å². The molecule has 136 valence electrons. The maximum absolute atomic E-state index is 12.8. The van der Waals surface area contributed by atoms with Crippen LogP contribution >= 0.6 is 0 Å². The van der Waals surface area contributed by atoms with Crippen molar-refractivity contribution in [3.8, 4) is 0 Å². The topological polar surface area (TPSA) is 76.6 Å². The van der Waals surface area contributed by atoms with Gasteiger partial charge in [0.2, 0.25) is 0 Å². The van der Waals surface area contributed by atoms with Crippen molar-refractivity contribution in [1.29, 1.82) is 0 Å². The van der Waals surface area contributed by atoms with Crippen molar-refractivity contribution in [2.45, 2.75) is 25.6 Å². The van der Waals surface area contributed by atoms with Gasteiger partial charge in [-0.3, -0.25) is 4.79 Å². The number of aromatic nitrogens is 2. The highest BCUT2D eigenvalue weighted by atomic mass is 16.7. The van der Waals surface area contributed by atoms with Gasteiger partial charge in [-0.1, -0.05) is 17.7 Å². The van der Waals surface area contributed by atoms with Crippen LogP contribution in [0.2, 0.25) is 0 Å². The zero-order chi connectivity index (χ0) is 18.0. The second kappa shape index (κ2) is 7.01. The zero-order valence-corrected chi connectivity index (χ0v) is 14.8. The number of rotatable bonds is 3. The summed E-state index contributed by atoms with van der Waals surface area (Å²) in [5, 5.41) is 3.21. The molecular weight excluding hydrogens is 332 g/mol. The smallest absolute Gasteiger partial charge is 0.272 e. The molecule has 26 heavy (non-hydrogen) atoms. The summed E-state index contributed by atoms with van der Waals surface area (Å²) in [6.45, 7) is 4.50. The highest BCUT2D eigenvalue weighted by Crippen LogP contribution is 2.31. The Kier molecular flexibility index (Phi) is 4.57. The highest BCUT2D eigenvalue weighted by Gasteiger charge is 2.41. The molecule has 2 aromatic rings. The molecule has 0 unspecified atom stereocenters. The third-order valence-corrected chi connectivity index (χ3v) is 4.84. The van der Waals surface area contributed by atoms with Crippen LogP contribution in [-0.2, 0) is 9.47 Å². The number of piperidine rings is 1. The van der Waals surface area contributed by atoms with Crippen LogP contribution < -0.4 is 5.32 Å². The van der Waals surface area contributed by atoms with Crippen molar-refractivity contribution in [1.82, 2.24) is 14.9 Å². The molecule has 7 heteroatoms. The molecule has 4 rings (SSSR count). The second-order valence-electron chi connectivity index (χ2n) is 6.68. The first-order valence-corrected chi connectivity index (χ1v) is 8.87. The van der Waals surface area contributed by atoms with Gasteiger partial charge in [0.25, 0.3) is 5.91 Å². The van der Waals surface area contributed by atoms with Gasteiger partial charge >= 0.3 is 0 Å². The van der Waals surface area contributed by atoms with Crippen LogP contribution in [0.15, 0.2) is 36.7 Å². The molecule has 7 nitrogen and oxygen atoms in total. The van der Waals surface area contributed by atoms with Crippen LogP contribution in [0.25, 0.3) is 0 Å². The number of hydrogen-bond acceptors (Lipinski definition) is 6. The average molecular weight is 354 g/mol. The van der Waals surface area contributed by atoms with Crippen molar-refractivity contribution in [2.75, 3.05) is 31.6 Å². The summed E-state index contributed by atoms with van der Waals surface area (Å²) in [4.78, 5) is 22.9. The van der Waals surface area contributed by atoms with E-state index in [0.717, 1.165) is 5.69 Å². The standard InChI is InChI=1S/C19H22N4O3/c1-14-2-4-15(5-3-14)22-17-12-16(20-13-21-17)18(24)23-8-6-19(7-9-23)25-10-11-26-19/h2-5,12-13H,6-11H2,1H3,(H,20,21,22). The Balaban J connectivity index is 1.42. The Morgan fingerprint density at radius 3 is 2.50 bits per heavy atom. The lowest BCUT2D eigenvalue weighted by Crippen LogP contribution is -2.47. The molecule has 3 heterocycles. The number of aryl methyl sites for hydroxylation is 1. The SMILES string of the molecule is Cc1ccc(Nc2cc(C(=O)N3CCC4(CC3)OCCO4)ncn2)cc1. The summed E-state index contributed by atoms with van der Waals surface area (Å²) in [5.41, 5.74) is 2.49. The number of carbonyl (C=O) groups is 1. The molecule has 0 bridgehead atoms. The summed E-state index contributed by atoms with van der Waals surface area (Å²) in [6, 6.07) is 9.68. The van der Waals surface area contributed by atoms with E-state index in [2.05, 4.69) is 15.3 Å². The van der Waals surface area contributed by atoms with Gasteiger partial charge in [0.1, 0.15) is 17.8 Å². The molecule has 1 amide bonds. The number of likely N-dealkylation sites (tertiary alicyclic amines) is 1. The van der Waals surface area contributed by atoms with Crippen molar-refractivity contribution in [3.05, 3.63) is 47.9 Å². The maximum atomic E-state index is 12.8. The number of nitrogens with one attached hydrogen (secondary N) is 1. The molecule has 1 aromatic heterocycles. The summed E-state index contributed by atoms with van der Waals surface area (Å²) >= 11 is 0. The minimum Gasteiger partial charge on any atom is -0.347 e. The lowest BCUT2D eigenvalue weighted by atomic mass is 10.0. The lowest BCUT2D eigenvalue weighted by molar-refractivity contribution is -0.181. The van der Waals surface area contributed by atoms with Gasteiger partial charge in [0, 0.05) is 37.7 Å². The van der Waals surface area contributed by atoms with Crippen molar-refractivity contribution in [3.63, 3.8) is 0 Å². The third kappa shape index (κ3) is 3.54. The minimum absolute atomic E-state index is 0.0906. The number of benzene rings is 1. The molecule has 0 atom stereocenters. The Labute approximate surface area is 152 Å². The van der Waals surface area contributed by atoms with Crippen LogP contribution in [0.3, 0.4) is 0 Å². The lowest BCUT2D eigenvalue weighted by Gasteiger charge is -2.37. The predicted octanol–water partition coefficient (Wildman–Crippen LogP) is 2.51. The largest absolute Gasteiger partial charge is 0.347 e. The number of amides is 1. The molecular formula is C19H22N4O3. The first-order valence-electron chi connectivity index (χ1n) is 8.87. The molecule has 0 aliphatic carbocycles. The Morgan fingerprint density at radius 1 is 1.12 bits per heavy atom. The third-order valence-electron chi connectivity index (χ3n) is 4.84. The van der Waals surface area contributed by atoms with E-state index in [0.29, 0.717) is 50.7 Å². The molecule has 2 aliphatic heterocycles. The Bertz CT molecular complexity index is 778. The van der Waals surface area contributed by atoms with Gasteiger partial charge < -0.3 is 19.7 Å². The fourth-order valence-electron chi connectivity index (χ4n) is 3.33. The van der Waals surface area contributed by atoms with Crippen LogP contribution in [-0.4, -0.2) is 52.9 Å². The van der Waals surface area contributed by atoms with Crippen LogP contribution in [0, 0.1) is 6.92 Å². The number of nitrogens with zero attached hydrogens (tertiary/aromatic N) is 3. The molecule has 1 aromatic carbocycles. The van der Waals surface area contributed by atoms with E-state index in [4.69, 9.17) is 9.47 Å². The Morgan fingerprint density at radius 2 is 1.81 bits per heavy atom. The molecule has 0 saturated carbocycles. The second-order valence-corrected chi connectivity index (χ2v) is 6.68. The summed E-state index contributed by atoms with van der Waals surface area (Å²) < 4.78 is 11.4. The van der Waals surface area contributed by atoms with Gasteiger partial charge in [-0.2, -0.15) is 0 Å².